The summed E-state index contributed by atoms with van der Waals surface area (Å²) in [6.45, 7) is 1.27. The van der Waals surface area contributed by atoms with E-state index in [9.17, 15) is 22.8 Å². The summed E-state index contributed by atoms with van der Waals surface area (Å²) in [6, 6.07) is 4.92. The van der Waals surface area contributed by atoms with Crippen LogP contribution in [0.2, 0.25) is 0 Å². The molecule has 4 aliphatic rings. The molecular formula is C23H29N3O5S. The lowest BCUT2D eigenvalue weighted by atomic mass is 9.81. The van der Waals surface area contributed by atoms with Gasteiger partial charge in [-0.3, -0.25) is 19.3 Å². The molecule has 5 rings (SSSR count). The van der Waals surface area contributed by atoms with Crippen LogP contribution in [0.5, 0.6) is 0 Å². The highest BCUT2D eigenvalue weighted by atomic mass is 32.2. The number of hydrogen-bond donors (Lipinski definition) is 0. The Bertz CT molecular complexity index is 1040. The van der Waals surface area contributed by atoms with E-state index in [1.54, 1.807) is 27.4 Å². The molecule has 0 aromatic heterocycles. The van der Waals surface area contributed by atoms with Crippen molar-refractivity contribution in [3.8, 4) is 0 Å². The van der Waals surface area contributed by atoms with Gasteiger partial charge in [-0.15, -0.1) is 0 Å². The van der Waals surface area contributed by atoms with Crippen LogP contribution in [0.4, 0.5) is 5.69 Å². The lowest BCUT2D eigenvalue weighted by Crippen LogP contribution is -2.42. The van der Waals surface area contributed by atoms with E-state index in [0.717, 1.165) is 55.4 Å². The Morgan fingerprint density at radius 3 is 2.22 bits per heavy atom. The van der Waals surface area contributed by atoms with E-state index in [4.69, 9.17) is 0 Å². The quantitative estimate of drug-likeness (QED) is 0.641. The summed E-state index contributed by atoms with van der Waals surface area (Å²) < 4.78 is 27.5. The lowest BCUT2D eigenvalue weighted by molar-refractivity contribution is -0.143. The third-order valence-electron chi connectivity index (χ3n) is 7.43. The second-order valence-corrected chi connectivity index (χ2v) is 11.2. The second-order valence-electron chi connectivity index (χ2n) is 9.31. The third-order valence-corrected chi connectivity index (χ3v) is 9.32. The molecule has 32 heavy (non-hydrogen) atoms. The molecule has 2 saturated heterocycles. The molecule has 0 bridgehead atoms. The molecule has 1 aliphatic carbocycles. The van der Waals surface area contributed by atoms with Crippen molar-refractivity contribution >= 4 is 33.4 Å². The van der Waals surface area contributed by atoms with E-state index in [2.05, 4.69) is 0 Å². The predicted molar refractivity (Wildman–Crippen MR) is 117 cm³/mol. The summed E-state index contributed by atoms with van der Waals surface area (Å²) in [5.74, 6) is -1.25. The average Bonchev–Trinajstić information content (AvgIpc) is 3.34. The van der Waals surface area contributed by atoms with E-state index in [1.165, 1.54) is 0 Å². The normalized spacial score (nSPS) is 26.4. The van der Waals surface area contributed by atoms with Gasteiger partial charge in [0.1, 0.15) is 6.54 Å². The van der Waals surface area contributed by atoms with Gasteiger partial charge in [0, 0.05) is 25.3 Å². The summed E-state index contributed by atoms with van der Waals surface area (Å²) in [5, 5.41) is 0. The van der Waals surface area contributed by atoms with Crippen molar-refractivity contribution < 1.29 is 22.8 Å². The maximum Gasteiger partial charge on any atom is 0.247 e. The molecule has 1 saturated carbocycles. The Kier molecular flexibility index (Phi) is 5.57. The maximum atomic E-state index is 13.0. The number of piperidine rings is 1. The first-order valence-corrected chi connectivity index (χ1v) is 13.1. The zero-order valence-corrected chi connectivity index (χ0v) is 19.0. The van der Waals surface area contributed by atoms with Crippen molar-refractivity contribution in [2.45, 2.75) is 56.3 Å². The van der Waals surface area contributed by atoms with Crippen LogP contribution in [0.25, 0.3) is 0 Å². The summed E-state index contributed by atoms with van der Waals surface area (Å²) >= 11 is 0. The number of rotatable bonds is 4. The van der Waals surface area contributed by atoms with Crippen molar-refractivity contribution in [1.29, 1.82) is 0 Å². The monoisotopic (exact) mass is 459 g/mol. The van der Waals surface area contributed by atoms with Crippen LogP contribution in [-0.2, 0) is 30.8 Å². The zero-order valence-electron chi connectivity index (χ0n) is 18.2. The number of sulfonamides is 1. The fraction of sp³-hybridized carbons (Fsp3) is 0.609. The van der Waals surface area contributed by atoms with Crippen molar-refractivity contribution in [2.75, 3.05) is 31.1 Å². The SMILES string of the molecule is O=C1C2CCCCC2C(=O)N1CC(=O)N1CCc2cc(S(=O)(=O)N3CCCCC3)ccc21. The van der Waals surface area contributed by atoms with Gasteiger partial charge in [-0.25, -0.2) is 8.42 Å². The Labute approximate surface area is 188 Å². The molecule has 3 amide bonds. The van der Waals surface area contributed by atoms with Crippen molar-refractivity contribution in [2.24, 2.45) is 11.8 Å². The third kappa shape index (κ3) is 3.55. The van der Waals surface area contributed by atoms with E-state index in [1.807, 2.05) is 0 Å². The van der Waals surface area contributed by atoms with Gasteiger partial charge in [-0.05, 0) is 55.9 Å². The van der Waals surface area contributed by atoms with Gasteiger partial charge >= 0.3 is 0 Å². The highest BCUT2D eigenvalue weighted by molar-refractivity contribution is 7.89. The number of carbonyl (C=O) groups is 3. The second kappa shape index (κ2) is 8.26. The average molecular weight is 460 g/mol. The first-order valence-electron chi connectivity index (χ1n) is 11.7. The molecule has 0 N–H and O–H groups in total. The van der Waals surface area contributed by atoms with Gasteiger partial charge in [0.2, 0.25) is 27.7 Å². The highest BCUT2D eigenvalue weighted by Gasteiger charge is 2.49. The minimum absolute atomic E-state index is 0.213. The molecule has 1 aromatic carbocycles. The van der Waals surface area contributed by atoms with Gasteiger partial charge in [0.15, 0.2) is 0 Å². The number of benzene rings is 1. The number of imide groups is 1. The number of nitrogens with zero attached hydrogens (tertiary/aromatic N) is 3. The predicted octanol–water partition coefficient (Wildman–Crippen LogP) is 1.93. The molecule has 9 heteroatoms. The van der Waals surface area contributed by atoms with E-state index < -0.39 is 10.0 Å². The lowest BCUT2D eigenvalue weighted by Gasteiger charge is -2.26. The summed E-state index contributed by atoms with van der Waals surface area (Å²) in [4.78, 5) is 41.5. The van der Waals surface area contributed by atoms with Gasteiger partial charge in [0.05, 0.1) is 16.7 Å². The van der Waals surface area contributed by atoms with Crippen LogP contribution in [0.3, 0.4) is 0 Å². The van der Waals surface area contributed by atoms with Gasteiger partial charge < -0.3 is 4.90 Å². The Morgan fingerprint density at radius 2 is 1.56 bits per heavy atom. The van der Waals surface area contributed by atoms with Gasteiger partial charge in [-0.1, -0.05) is 19.3 Å². The fourth-order valence-corrected chi connectivity index (χ4v) is 7.23. The number of carbonyl (C=O) groups excluding carboxylic acids is 3. The summed E-state index contributed by atoms with van der Waals surface area (Å²) in [6.07, 6.45) is 6.70. The van der Waals surface area contributed by atoms with Gasteiger partial charge in [-0.2, -0.15) is 4.31 Å². The molecule has 3 fully saturated rings. The molecule has 2 atom stereocenters. The van der Waals surface area contributed by atoms with Crippen LogP contribution in [-0.4, -0.2) is 61.5 Å². The van der Waals surface area contributed by atoms with E-state index >= 15 is 0 Å². The van der Waals surface area contributed by atoms with Crippen LogP contribution in [0.1, 0.15) is 50.5 Å². The number of anilines is 1. The maximum absolute atomic E-state index is 13.0. The number of hydrogen-bond acceptors (Lipinski definition) is 5. The molecule has 2 unspecified atom stereocenters. The molecule has 3 heterocycles. The Hall–Kier alpha value is -2.26. The molecular weight excluding hydrogens is 430 g/mol. The largest absolute Gasteiger partial charge is 0.310 e. The smallest absolute Gasteiger partial charge is 0.247 e. The Balaban J connectivity index is 1.32. The van der Waals surface area contributed by atoms with E-state index in [0.29, 0.717) is 31.7 Å². The Morgan fingerprint density at radius 1 is 0.906 bits per heavy atom. The zero-order chi connectivity index (χ0) is 22.5. The molecule has 172 valence electrons. The molecule has 8 nitrogen and oxygen atoms in total. The highest BCUT2D eigenvalue weighted by Crippen LogP contribution is 2.38. The van der Waals surface area contributed by atoms with Crippen LogP contribution < -0.4 is 4.90 Å². The molecule has 0 radical (unpaired) electrons. The van der Waals surface area contributed by atoms with Crippen LogP contribution in [0, 0.1) is 11.8 Å². The first kappa shape index (κ1) is 21.6. The molecule has 3 aliphatic heterocycles. The number of amides is 3. The molecule has 0 spiro atoms. The van der Waals surface area contributed by atoms with Crippen LogP contribution in [0.15, 0.2) is 23.1 Å². The minimum atomic E-state index is -3.53. The van der Waals surface area contributed by atoms with Crippen molar-refractivity contribution in [1.82, 2.24) is 9.21 Å². The topological polar surface area (TPSA) is 95.1 Å². The standard InChI is InChI=1S/C23H29N3O5S/c27-21(15-26-22(28)18-6-2-3-7-19(18)23(26)29)25-13-10-16-14-17(8-9-20(16)25)32(30,31)24-11-4-1-5-12-24/h8-9,14,18-19H,1-7,10-13,15H2. The summed E-state index contributed by atoms with van der Waals surface area (Å²) in [5.41, 5.74) is 1.48. The summed E-state index contributed by atoms with van der Waals surface area (Å²) in [7, 11) is -3.53. The van der Waals surface area contributed by atoms with E-state index in [-0.39, 0.29) is 41.0 Å². The minimum Gasteiger partial charge on any atom is -0.310 e. The first-order chi connectivity index (χ1) is 15.4. The van der Waals surface area contributed by atoms with Crippen molar-refractivity contribution in [3.05, 3.63) is 23.8 Å². The van der Waals surface area contributed by atoms with Crippen LogP contribution >= 0.6 is 0 Å². The van der Waals surface area contributed by atoms with Gasteiger partial charge in [0.25, 0.3) is 0 Å². The fourth-order valence-electron chi connectivity index (χ4n) is 5.66. The molecule has 1 aromatic rings. The van der Waals surface area contributed by atoms with Crippen molar-refractivity contribution in [3.63, 3.8) is 0 Å². The number of likely N-dealkylation sites (tertiary alicyclic amines) is 1. The number of fused-ring (bicyclic) bond motifs is 2.